The van der Waals surface area contributed by atoms with Gasteiger partial charge in [-0.25, -0.2) is 0 Å². The van der Waals surface area contributed by atoms with Crippen LogP contribution in [0.3, 0.4) is 0 Å². The largest absolute Gasteiger partial charge is 0.349 e. The van der Waals surface area contributed by atoms with E-state index in [9.17, 15) is 0 Å². The van der Waals surface area contributed by atoms with Gasteiger partial charge in [0.15, 0.2) is 0 Å². The van der Waals surface area contributed by atoms with Gasteiger partial charge in [0.2, 0.25) is 0 Å². The number of hydrogen-bond acceptors (Lipinski definition) is 2. The lowest BCUT2D eigenvalue weighted by Crippen LogP contribution is -2.41. The molecule has 0 aromatic heterocycles. The first-order valence-corrected chi connectivity index (χ1v) is 6.79. The molecule has 0 radical (unpaired) electrons. The predicted octanol–water partition coefficient (Wildman–Crippen LogP) is 3.82. The summed E-state index contributed by atoms with van der Waals surface area (Å²) in [6.45, 7) is 4.44. The molecule has 0 saturated carbocycles. The second-order valence-corrected chi connectivity index (χ2v) is 4.94. The molecule has 0 aliphatic heterocycles. The van der Waals surface area contributed by atoms with E-state index < -0.39 is 0 Å². The molecule has 0 bridgehead atoms. The fraction of sp³-hybridized carbons (Fsp3) is 0.294. The highest BCUT2D eigenvalue weighted by Gasteiger charge is 2.21. The Hall–Kier alpha value is -1.80. The van der Waals surface area contributed by atoms with E-state index in [-0.39, 0.29) is 6.17 Å². The molecule has 2 aromatic carbocycles. The lowest BCUT2D eigenvalue weighted by molar-refractivity contribution is 0.507. The lowest BCUT2D eigenvalue weighted by Gasteiger charge is -2.37. The van der Waals surface area contributed by atoms with Gasteiger partial charge in [0.1, 0.15) is 6.17 Å². The SMILES string of the molecule is CNC(c1ccccc1)N(c1ccccc1)C(C)C. The van der Waals surface area contributed by atoms with Gasteiger partial charge in [0, 0.05) is 11.7 Å². The fourth-order valence-electron chi connectivity index (χ4n) is 2.45. The first kappa shape index (κ1) is 13.6. The van der Waals surface area contributed by atoms with Gasteiger partial charge >= 0.3 is 0 Å². The van der Waals surface area contributed by atoms with Crippen LogP contribution >= 0.6 is 0 Å². The van der Waals surface area contributed by atoms with Crippen LogP contribution in [-0.4, -0.2) is 13.1 Å². The van der Waals surface area contributed by atoms with Crippen molar-refractivity contribution in [3.8, 4) is 0 Å². The van der Waals surface area contributed by atoms with E-state index in [0.29, 0.717) is 6.04 Å². The van der Waals surface area contributed by atoms with Crippen LogP contribution in [0.5, 0.6) is 0 Å². The third-order valence-electron chi connectivity index (χ3n) is 3.28. The second kappa shape index (κ2) is 6.39. The average molecular weight is 254 g/mol. The van der Waals surface area contributed by atoms with Crippen LogP contribution in [0, 0.1) is 0 Å². The van der Waals surface area contributed by atoms with Crippen LogP contribution in [0.2, 0.25) is 0 Å². The van der Waals surface area contributed by atoms with Crippen molar-refractivity contribution in [1.82, 2.24) is 5.32 Å². The zero-order valence-corrected chi connectivity index (χ0v) is 11.9. The first-order valence-electron chi connectivity index (χ1n) is 6.79. The van der Waals surface area contributed by atoms with Gasteiger partial charge in [-0.05, 0) is 38.6 Å². The minimum atomic E-state index is 0.184. The van der Waals surface area contributed by atoms with Crippen LogP contribution in [0.25, 0.3) is 0 Å². The maximum absolute atomic E-state index is 3.42. The van der Waals surface area contributed by atoms with Crippen molar-refractivity contribution in [2.75, 3.05) is 11.9 Å². The maximum atomic E-state index is 3.42. The molecular formula is C17H22N2. The zero-order valence-electron chi connectivity index (χ0n) is 11.9. The molecule has 100 valence electrons. The van der Waals surface area contributed by atoms with Gasteiger partial charge in [-0.2, -0.15) is 0 Å². The molecule has 2 heteroatoms. The number of para-hydroxylation sites is 1. The van der Waals surface area contributed by atoms with Crippen LogP contribution in [-0.2, 0) is 0 Å². The summed E-state index contributed by atoms with van der Waals surface area (Å²) in [6.07, 6.45) is 0.184. The number of hydrogen-bond donors (Lipinski definition) is 1. The minimum Gasteiger partial charge on any atom is -0.349 e. The number of rotatable bonds is 5. The zero-order chi connectivity index (χ0) is 13.7. The highest BCUT2D eigenvalue weighted by Crippen LogP contribution is 2.27. The fourth-order valence-corrected chi connectivity index (χ4v) is 2.45. The van der Waals surface area contributed by atoms with Gasteiger partial charge in [-0.15, -0.1) is 0 Å². The van der Waals surface area contributed by atoms with Crippen molar-refractivity contribution in [3.05, 3.63) is 66.2 Å². The van der Waals surface area contributed by atoms with E-state index in [1.54, 1.807) is 0 Å². The molecule has 0 aliphatic rings. The quantitative estimate of drug-likeness (QED) is 0.816. The third kappa shape index (κ3) is 3.15. The summed E-state index contributed by atoms with van der Waals surface area (Å²) in [5.41, 5.74) is 2.52. The highest BCUT2D eigenvalue weighted by molar-refractivity contribution is 5.49. The van der Waals surface area contributed by atoms with Gasteiger partial charge in [-0.1, -0.05) is 48.5 Å². The number of benzene rings is 2. The number of nitrogens with zero attached hydrogens (tertiary/aromatic N) is 1. The average Bonchev–Trinajstić information content (AvgIpc) is 2.46. The van der Waals surface area contributed by atoms with E-state index in [0.717, 1.165) is 0 Å². The van der Waals surface area contributed by atoms with Crippen LogP contribution in [0.15, 0.2) is 60.7 Å². The maximum Gasteiger partial charge on any atom is 0.106 e. The van der Waals surface area contributed by atoms with Crippen molar-refractivity contribution in [1.29, 1.82) is 0 Å². The van der Waals surface area contributed by atoms with Gasteiger partial charge in [0.25, 0.3) is 0 Å². The normalized spacial score (nSPS) is 12.4. The van der Waals surface area contributed by atoms with Crippen molar-refractivity contribution < 1.29 is 0 Å². The summed E-state index contributed by atoms with van der Waals surface area (Å²) in [4.78, 5) is 2.40. The standard InChI is InChI=1S/C17H22N2/c1-14(2)19(16-12-8-5-9-13-16)17(18-3)15-10-6-4-7-11-15/h4-14,17-18H,1-3H3. The lowest BCUT2D eigenvalue weighted by atomic mass is 10.1. The molecule has 0 spiro atoms. The van der Waals surface area contributed by atoms with E-state index in [2.05, 4.69) is 84.7 Å². The van der Waals surface area contributed by atoms with E-state index >= 15 is 0 Å². The third-order valence-corrected chi connectivity index (χ3v) is 3.28. The van der Waals surface area contributed by atoms with Gasteiger partial charge in [-0.3, -0.25) is 5.32 Å². The number of nitrogens with one attached hydrogen (secondary N) is 1. The number of anilines is 1. The van der Waals surface area contributed by atoms with Crippen LogP contribution < -0.4 is 10.2 Å². The molecule has 0 heterocycles. The molecule has 1 N–H and O–H groups in total. The smallest absolute Gasteiger partial charge is 0.106 e. The summed E-state index contributed by atoms with van der Waals surface area (Å²) in [5, 5.41) is 3.42. The van der Waals surface area contributed by atoms with Crippen molar-refractivity contribution in [3.63, 3.8) is 0 Å². The highest BCUT2D eigenvalue weighted by atomic mass is 15.3. The van der Waals surface area contributed by atoms with Gasteiger partial charge < -0.3 is 4.90 Å². The van der Waals surface area contributed by atoms with E-state index in [4.69, 9.17) is 0 Å². The molecule has 0 amide bonds. The van der Waals surface area contributed by atoms with Crippen molar-refractivity contribution >= 4 is 5.69 Å². The Kier molecular flexibility index (Phi) is 4.58. The second-order valence-electron chi connectivity index (χ2n) is 4.94. The molecule has 2 nitrogen and oxygen atoms in total. The Balaban J connectivity index is 2.38. The van der Waals surface area contributed by atoms with E-state index in [1.807, 2.05) is 7.05 Å². The molecule has 19 heavy (non-hydrogen) atoms. The van der Waals surface area contributed by atoms with Crippen molar-refractivity contribution in [2.24, 2.45) is 0 Å². The van der Waals surface area contributed by atoms with Crippen LogP contribution in [0.1, 0.15) is 25.6 Å². The minimum absolute atomic E-state index is 0.184. The Labute approximate surface area is 116 Å². The molecule has 0 saturated heterocycles. The Morgan fingerprint density at radius 3 is 1.84 bits per heavy atom. The van der Waals surface area contributed by atoms with Crippen LogP contribution in [0.4, 0.5) is 5.69 Å². The summed E-state index contributed by atoms with van der Waals surface area (Å²) in [7, 11) is 2.01. The Morgan fingerprint density at radius 1 is 0.842 bits per heavy atom. The molecule has 0 aliphatic carbocycles. The molecule has 1 unspecified atom stereocenters. The first-order chi connectivity index (χ1) is 9.24. The summed E-state index contributed by atoms with van der Waals surface area (Å²) in [6, 6.07) is 21.5. The molecule has 2 rings (SSSR count). The van der Waals surface area contributed by atoms with Gasteiger partial charge in [0.05, 0.1) is 0 Å². The Morgan fingerprint density at radius 2 is 1.37 bits per heavy atom. The molecule has 0 fully saturated rings. The predicted molar refractivity (Wildman–Crippen MR) is 82.3 cm³/mol. The summed E-state index contributed by atoms with van der Waals surface area (Å²) in [5.74, 6) is 0. The monoisotopic (exact) mass is 254 g/mol. The van der Waals surface area contributed by atoms with Crippen molar-refractivity contribution in [2.45, 2.75) is 26.1 Å². The summed E-state index contributed by atoms with van der Waals surface area (Å²) >= 11 is 0. The molecule has 1 atom stereocenters. The summed E-state index contributed by atoms with van der Waals surface area (Å²) < 4.78 is 0. The topological polar surface area (TPSA) is 15.3 Å². The molecule has 2 aromatic rings. The Bertz CT molecular complexity index is 479. The van der Waals surface area contributed by atoms with E-state index in [1.165, 1.54) is 11.3 Å². The molecular weight excluding hydrogens is 232 g/mol.